The van der Waals surface area contributed by atoms with Crippen LogP contribution in [-0.2, 0) is 6.42 Å². The van der Waals surface area contributed by atoms with E-state index < -0.39 is 0 Å². The molecule has 0 radical (unpaired) electrons. The minimum absolute atomic E-state index is 0.334. The predicted molar refractivity (Wildman–Crippen MR) is 56.1 cm³/mol. The molecule has 0 aliphatic heterocycles. The van der Waals surface area contributed by atoms with Gasteiger partial charge in [0.15, 0.2) is 5.82 Å². The molecule has 2 N–H and O–H groups in total. The number of rotatable bonds is 3. The Kier molecular flexibility index (Phi) is 2.78. The van der Waals surface area contributed by atoms with Crippen molar-refractivity contribution in [3.8, 4) is 0 Å². The van der Waals surface area contributed by atoms with Gasteiger partial charge in [-0.15, -0.1) is 0 Å². The first-order valence-corrected chi connectivity index (χ1v) is 4.94. The second-order valence-electron chi connectivity index (χ2n) is 3.29. The summed E-state index contributed by atoms with van der Waals surface area (Å²) < 4.78 is 5.09. The fourth-order valence-corrected chi connectivity index (χ4v) is 1.34. The number of nitrogens with zero attached hydrogens (tertiary/aromatic N) is 2. The molecule has 0 saturated carbocycles. The molecule has 1 atom stereocenters. The Morgan fingerprint density at radius 3 is 2.67 bits per heavy atom. The molecule has 1 unspecified atom stereocenters. The first kappa shape index (κ1) is 9.86. The molecule has 0 fully saturated rings. The van der Waals surface area contributed by atoms with E-state index in [1.807, 2.05) is 37.3 Å². The highest BCUT2D eigenvalue weighted by atomic mass is 16.5. The summed E-state index contributed by atoms with van der Waals surface area (Å²) in [7, 11) is 0. The number of nitrogens with two attached hydrogens (primary N) is 1. The van der Waals surface area contributed by atoms with Crippen molar-refractivity contribution in [2.75, 3.05) is 0 Å². The Bertz CT molecular complexity index is 424. The van der Waals surface area contributed by atoms with Crippen molar-refractivity contribution in [2.45, 2.75) is 19.4 Å². The maximum Gasteiger partial charge on any atom is 0.248 e. The summed E-state index contributed by atoms with van der Waals surface area (Å²) in [5.41, 5.74) is 6.96. The average molecular weight is 203 g/mol. The zero-order valence-electron chi connectivity index (χ0n) is 8.55. The first-order chi connectivity index (χ1) is 7.31. The highest BCUT2D eigenvalue weighted by molar-refractivity contribution is 5.22. The van der Waals surface area contributed by atoms with E-state index in [0.717, 1.165) is 12.0 Å². The van der Waals surface area contributed by atoms with E-state index >= 15 is 0 Å². The van der Waals surface area contributed by atoms with Crippen LogP contribution in [0.1, 0.15) is 30.2 Å². The molecule has 15 heavy (non-hydrogen) atoms. The van der Waals surface area contributed by atoms with Gasteiger partial charge in [0.2, 0.25) is 5.89 Å². The van der Waals surface area contributed by atoms with E-state index in [-0.39, 0.29) is 6.04 Å². The molecule has 0 aliphatic rings. The number of benzene rings is 1. The highest BCUT2D eigenvalue weighted by Gasteiger charge is 2.15. The summed E-state index contributed by atoms with van der Waals surface area (Å²) in [4.78, 5) is 4.20. The van der Waals surface area contributed by atoms with Gasteiger partial charge >= 0.3 is 0 Å². The van der Waals surface area contributed by atoms with E-state index in [4.69, 9.17) is 10.3 Å². The van der Waals surface area contributed by atoms with Crippen LogP contribution in [0.25, 0.3) is 0 Å². The number of hydrogen-bond acceptors (Lipinski definition) is 4. The lowest BCUT2D eigenvalue weighted by molar-refractivity contribution is 0.363. The summed E-state index contributed by atoms with van der Waals surface area (Å²) in [6.07, 6.45) is 0.755. The SMILES string of the molecule is CCc1noc(C(N)c2ccccc2)n1. The van der Waals surface area contributed by atoms with Crippen LogP contribution >= 0.6 is 0 Å². The van der Waals surface area contributed by atoms with E-state index in [0.29, 0.717) is 11.7 Å². The van der Waals surface area contributed by atoms with E-state index in [9.17, 15) is 0 Å². The third-order valence-electron chi connectivity index (χ3n) is 2.22. The van der Waals surface area contributed by atoms with Gasteiger partial charge in [-0.2, -0.15) is 4.98 Å². The maximum absolute atomic E-state index is 5.99. The van der Waals surface area contributed by atoms with Crippen molar-refractivity contribution in [2.24, 2.45) is 5.73 Å². The maximum atomic E-state index is 5.99. The van der Waals surface area contributed by atoms with Crippen LogP contribution in [0.15, 0.2) is 34.9 Å². The Balaban J connectivity index is 2.24. The van der Waals surface area contributed by atoms with Crippen molar-refractivity contribution in [1.29, 1.82) is 0 Å². The fraction of sp³-hybridized carbons (Fsp3) is 0.273. The van der Waals surface area contributed by atoms with Crippen LogP contribution in [0.3, 0.4) is 0 Å². The van der Waals surface area contributed by atoms with Crippen LogP contribution in [-0.4, -0.2) is 10.1 Å². The van der Waals surface area contributed by atoms with Crippen LogP contribution in [0.4, 0.5) is 0 Å². The Labute approximate surface area is 88.1 Å². The van der Waals surface area contributed by atoms with Gasteiger partial charge < -0.3 is 10.3 Å². The summed E-state index contributed by atoms with van der Waals surface area (Å²) in [6, 6.07) is 9.38. The molecule has 1 aromatic heterocycles. The van der Waals surface area contributed by atoms with Crippen molar-refractivity contribution in [1.82, 2.24) is 10.1 Å². The molecule has 1 heterocycles. The quantitative estimate of drug-likeness (QED) is 0.824. The minimum atomic E-state index is -0.334. The molecule has 0 amide bonds. The molecule has 0 spiro atoms. The molecule has 0 saturated heterocycles. The highest BCUT2D eigenvalue weighted by Crippen LogP contribution is 2.17. The van der Waals surface area contributed by atoms with Gasteiger partial charge in [0, 0.05) is 6.42 Å². The lowest BCUT2D eigenvalue weighted by Gasteiger charge is -2.05. The van der Waals surface area contributed by atoms with Crippen LogP contribution in [0.5, 0.6) is 0 Å². The topological polar surface area (TPSA) is 64.9 Å². The van der Waals surface area contributed by atoms with Gasteiger partial charge in [0.25, 0.3) is 0 Å². The zero-order chi connectivity index (χ0) is 10.7. The Morgan fingerprint density at radius 2 is 2.07 bits per heavy atom. The second kappa shape index (κ2) is 4.23. The third kappa shape index (κ3) is 2.05. The minimum Gasteiger partial charge on any atom is -0.337 e. The van der Waals surface area contributed by atoms with E-state index in [2.05, 4.69) is 10.1 Å². The molecule has 4 heteroatoms. The van der Waals surface area contributed by atoms with Gasteiger partial charge in [0.05, 0.1) is 0 Å². The van der Waals surface area contributed by atoms with Crippen LogP contribution in [0.2, 0.25) is 0 Å². The van der Waals surface area contributed by atoms with Gasteiger partial charge in [-0.1, -0.05) is 42.4 Å². The number of hydrogen-bond donors (Lipinski definition) is 1. The summed E-state index contributed by atoms with van der Waals surface area (Å²) in [5, 5.41) is 3.82. The summed E-state index contributed by atoms with van der Waals surface area (Å²) in [6.45, 7) is 1.97. The second-order valence-corrected chi connectivity index (χ2v) is 3.29. The smallest absolute Gasteiger partial charge is 0.248 e. The van der Waals surface area contributed by atoms with Crippen molar-refractivity contribution >= 4 is 0 Å². The normalized spacial score (nSPS) is 12.7. The molecular weight excluding hydrogens is 190 g/mol. The number of aromatic nitrogens is 2. The number of aryl methyl sites for hydroxylation is 1. The van der Waals surface area contributed by atoms with Crippen LogP contribution in [0, 0.1) is 0 Å². The lowest BCUT2D eigenvalue weighted by atomic mass is 10.1. The fourth-order valence-electron chi connectivity index (χ4n) is 1.34. The zero-order valence-corrected chi connectivity index (χ0v) is 8.55. The third-order valence-corrected chi connectivity index (χ3v) is 2.22. The van der Waals surface area contributed by atoms with Gasteiger partial charge in [-0.3, -0.25) is 0 Å². The standard InChI is InChI=1S/C11H13N3O/c1-2-9-13-11(15-14-9)10(12)8-6-4-3-5-7-8/h3-7,10H,2,12H2,1H3. The monoisotopic (exact) mass is 203 g/mol. The molecule has 2 aromatic rings. The van der Waals surface area contributed by atoms with Crippen molar-refractivity contribution < 1.29 is 4.52 Å². The van der Waals surface area contributed by atoms with Crippen molar-refractivity contribution in [3.63, 3.8) is 0 Å². The van der Waals surface area contributed by atoms with Gasteiger partial charge in [0.1, 0.15) is 6.04 Å². The molecule has 1 aromatic carbocycles. The lowest BCUT2D eigenvalue weighted by Crippen LogP contribution is -2.12. The average Bonchev–Trinajstić information content (AvgIpc) is 2.78. The predicted octanol–water partition coefficient (Wildman–Crippen LogP) is 1.68. The Hall–Kier alpha value is -1.68. The molecule has 4 nitrogen and oxygen atoms in total. The first-order valence-electron chi connectivity index (χ1n) is 4.94. The molecule has 0 aliphatic carbocycles. The molecule has 2 rings (SSSR count). The molecule has 0 bridgehead atoms. The van der Waals surface area contributed by atoms with Crippen LogP contribution < -0.4 is 5.73 Å². The van der Waals surface area contributed by atoms with Gasteiger partial charge in [-0.05, 0) is 5.56 Å². The summed E-state index contributed by atoms with van der Waals surface area (Å²) >= 11 is 0. The largest absolute Gasteiger partial charge is 0.337 e. The van der Waals surface area contributed by atoms with Gasteiger partial charge in [-0.25, -0.2) is 0 Å². The molecule has 78 valence electrons. The van der Waals surface area contributed by atoms with E-state index in [1.54, 1.807) is 0 Å². The van der Waals surface area contributed by atoms with E-state index in [1.165, 1.54) is 0 Å². The molecular formula is C11H13N3O. The Morgan fingerprint density at radius 1 is 1.33 bits per heavy atom. The van der Waals surface area contributed by atoms with Crippen molar-refractivity contribution in [3.05, 3.63) is 47.6 Å². The summed E-state index contributed by atoms with van der Waals surface area (Å²) in [5.74, 6) is 1.16.